The number of benzene rings is 1. The largest absolute Gasteiger partial charge is 0.306 e. The van der Waals surface area contributed by atoms with Crippen LogP contribution in [0.5, 0.6) is 0 Å². The number of H-pyrrole nitrogens is 1. The Morgan fingerprint density at radius 3 is 2.70 bits per heavy atom. The minimum atomic E-state index is -0.000738. The van der Waals surface area contributed by atoms with Crippen molar-refractivity contribution < 1.29 is 0 Å². The lowest BCUT2D eigenvalue weighted by Crippen LogP contribution is -2.39. The van der Waals surface area contributed by atoms with Crippen LogP contribution in [0, 0.1) is 0 Å². The summed E-state index contributed by atoms with van der Waals surface area (Å²) in [5, 5.41) is 0. The molecule has 1 aromatic carbocycles. The number of nitrogens with zero attached hydrogens (tertiary/aromatic N) is 2. The second-order valence-corrected chi connectivity index (χ2v) is 5.52. The lowest BCUT2D eigenvalue weighted by molar-refractivity contribution is 0.200. The number of fused-ring (bicyclic) bond motifs is 1. The van der Waals surface area contributed by atoms with E-state index in [1.165, 1.54) is 0 Å². The number of aromatic amines is 1. The highest BCUT2D eigenvalue weighted by Crippen LogP contribution is 2.19. The van der Waals surface area contributed by atoms with E-state index in [1.807, 2.05) is 30.3 Å². The Balaban J connectivity index is 2.01. The average molecular weight is 269 g/mol. The summed E-state index contributed by atoms with van der Waals surface area (Å²) < 4.78 is 0. The second kappa shape index (κ2) is 5.21. The van der Waals surface area contributed by atoms with Crippen molar-refractivity contribution in [3.05, 3.63) is 51.9 Å². The third-order valence-corrected chi connectivity index (χ3v) is 3.88. The third kappa shape index (κ3) is 2.39. The number of rotatable bonds is 2. The molecule has 0 fully saturated rings. The van der Waals surface area contributed by atoms with E-state index in [-0.39, 0.29) is 5.56 Å². The van der Waals surface area contributed by atoms with Crippen LogP contribution in [-0.2, 0) is 13.0 Å². The van der Waals surface area contributed by atoms with Crippen molar-refractivity contribution in [2.24, 2.45) is 0 Å². The molecule has 104 valence electrons. The topological polar surface area (TPSA) is 49.0 Å². The highest BCUT2D eigenvalue weighted by Gasteiger charge is 2.22. The van der Waals surface area contributed by atoms with Crippen LogP contribution in [-0.4, -0.2) is 27.5 Å². The van der Waals surface area contributed by atoms with Crippen LogP contribution in [0.25, 0.3) is 11.4 Å². The van der Waals surface area contributed by atoms with Crippen LogP contribution in [0.4, 0.5) is 0 Å². The molecule has 0 bridgehead atoms. The molecule has 0 radical (unpaired) electrons. The van der Waals surface area contributed by atoms with Crippen molar-refractivity contribution >= 4 is 0 Å². The molecule has 4 nitrogen and oxygen atoms in total. The van der Waals surface area contributed by atoms with Gasteiger partial charge in [-0.1, -0.05) is 30.3 Å². The first-order valence-corrected chi connectivity index (χ1v) is 7.06. The van der Waals surface area contributed by atoms with Gasteiger partial charge in [-0.3, -0.25) is 9.69 Å². The molecule has 1 N–H and O–H groups in total. The van der Waals surface area contributed by atoms with Gasteiger partial charge in [0.2, 0.25) is 0 Å². The van der Waals surface area contributed by atoms with Crippen molar-refractivity contribution in [2.75, 3.05) is 6.54 Å². The maximum atomic E-state index is 12.3. The van der Waals surface area contributed by atoms with Gasteiger partial charge in [0.15, 0.2) is 0 Å². The molecule has 0 amide bonds. The first kappa shape index (κ1) is 13.1. The maximum Gasteiger partial charge on any atom is 0.255 e. The van der Waals surface area contributed by atoms with Crippen molar-refractivity contribution in [3.63, 3.8) is 0 Å². The maximum absolute atomic E-state index is 12.3. The van der Waals surface area contributed by atoms with Gasteiger partial charge in [0.25, 0.3) is 5.56 Å². The summed E-state index contributed by atoms with van der Waals surface area (Å²) in [5.74, 6) is 0.673. The Kier molecular flexibility index (Phi) is 3.40. The van der Waals surface area contributed by atoms with Gasteiger partial charge in [0.1, 0.15) is 5.82 Å². The molecular weight excluding hydrogens is 250 g/mol. The molecule has 0 saturated heterocycles. The summed E-state index contributed by atoms with van der Waals surface area (Å²) in [5.41, 5.74) is 2.73. The van der Waals surface area contributed by atoms with E-state index < -0.39 is 0 Å². The number of aromatic nitrogens is 2. The van der Waals surface area contributed by atoms with Gasteiger partial charge in [0, 0.05) is 31.1 Å². The minimum Gasteiger partial charge on any atom is -0.306 e. The van der Waals surface area contributed by atoms with E-state index in [0.29, 0.717) is 18.4 Å². The van der Waals surface area contributed by atoms with Gasteiger partial charge in [-0.2, -0.15) is 0 Å². The number of nitrogens with one attached hydrogen (secondary N) is 1. The molecule has 4 heteroatoms. The van der Waals surface area contributed by atoms with Crippen LogP contribution in [0.1, 0.15) is 25.1 Å². The van der Waals surface area contributed by atoms with Crippen LogP contribution < -0.4 is 5.56 Å². The average Bonchev–Trinajstić information content (AvgIpc) is 2.47. The Hall–Kier alpha value is -1.94. The molecule has 0 saturated carbocycles. The first-order chi connectivity index (χ1) is 9.65. The van der Waals surface area contributed by atoms with Crippen LogP contribution in [0.3, 0.4) is 0 Å². The highest BCUT2D eigenvalue weighted by atomic mass is 16.1. The summed E-state index contributed by atoms with van der Waals surface area (Å²) in [6, 6.07) is 10.3. The molecule has 3 rings (SSSR count). The minimum absolute atomic E-state index is 0.000738. The van der Waals surface area contributed by atoms with E-state index in [2.05, 4.69) is 28.7 Å². The zero-order valence-electron chi connectivity index (χ0n) is 11.9. The van der Waals surface area contributed by atoms with Gasteiger partial charge in [-0.25, -0.2) is 4.98 Å². The summed E-state index contributed by atoms with van der Waals surface area (Å²) in [4.78, 5) is 22.2. The molecule has 0 unspecified atom stereocenters. The Labute approximate surface area is 118 Å². The lowest BCUT2D eigenvalue weighted by atomic mass is 10.1. The van der Waals surface area contributed by atoms with E-state index >= 15 is 0 Å². The second-order valence-electron chi connectivity index (χ2n) is 5.52. The Bertz CT molecular complexity index is 661. The molecule has 1 aromatic heterocycles. The Morgan fingerprint density at radius 1 is 1.25 bits per heavy atom. The van der Waals surface area contributed by atoms with Gasteiger partial charge in [-0.05, 0) is 13.8 Å². The third-order valence-electron chi connectivity index (χ3n) is 3.88. The van der Waals surface area contributed by atoms with Crippen molar-refractivity contribution in [1.82, 2.24) is 14.9 Å². The molecule has 1 aliphatic rings. The van der Waals surface area contributed by atoms with Gasteiger partial charge in [-0.15, -0.1) is 0 Å². The number of hydrogen-bond acceptors (Lipinski definition) is 3. The SMILES string of the molecule is CC(C)N1CCc2nc(-c3ccccc3)[nH]c(=O)c2C1. The lowest BCUT2D eigenvalue weighted by Gasteiger charge is -2.30. The van der Waals surface area contributed by atoms with E-state index in [0.717, 1.165) is 29.8 Å². The predicted molar refractivity (Wildman–Crippen MR) is 79.5 cm³/mol. The summed E-state index contributed by atoms with van der Waals surface area (Å²) in [6.45, 7) is 5.98. The van der Waals surface area contributed by atoms with Gasteiger partial charge < -0.3 is 4.98 Å². The summed E-state index contributed by atoms with van der Waals surface area (Å²) >= 11 is 0. The molecular formula is C16H19N3O. The molecule has 0 atom stereocenters. The fourth-order valence-corrected chi connectivity index (χ4v) is 2.62. The molecule has 0 spiro atoms. The fraction of sp³-hybridized carbons (Fsp3) is 0.375. The summed E-state index contributed by atoms with van der Waals surface area (Å²) in [7, 11) is 0. The fourth-order valence-electron chi connectivity index (χ4n) is 2.62. The standard InChI is InChI=1S/C16H19N3O/c1-11(2)19-9-8-14-13(10-19)16(20)18-15(17-14)12-6-4-3-5-7-12/h3-7,11H,8-10H2,1-2H3,(H,17,18,20). The number of hydrogen-bond donors (Lipinski definition) is 1. The van der Waals surface area contributed by atoms with Crippen LogP contribution >= 0.6 is 0 Å². The van der Waals surface area contributed by atoms with Gasteiger partial charge >= 0.3 is 0 Å². The van der Waals surface area contributed by atoms with E-state index in [9.17, 15) is 4.79 Å². The van der Waals surface area contributed by atoms with Crippen LogP contribution in [0.2, 0.25) is 0 Å². The quantitative estimate of drug-likeness (QED) is 0.909. The van der Waals surface area contributed by atoms with Crippen molar-refractivity contribution in [1.29, 1.82) is 0 Å². The normalized spacial score (nSPS) is 15.3. The first-order valence-electron chi connectivity index (χ1n) is 7.06. The zero-order chi connectivity index (χ0) is 14.1. The molecule has 2 heterocycles. The van der Waals surface area contributed by atoms with E-state index in [1.54, 1.807) is 0 Å². The zero-order valence-corrected chi connectivity index (χ0v) is 11.9. The smallest absolute Gasteiger partial charge is 0.255 e. The monoisotopic (exact) mass is 269 g/mol. The molecule has 20 heavy (non-hydrogen) atoms. The molecule has 2 aromatic rings. The Morgan fingerprint density at radius 2 is 2.00 bits per heavy atom. The predicted octanol–water partition coefficient (Wildman–Crippen LogP) is 2.20. The highest BCUT2D eigenvalue weighted by molar-refractivity contribution is 5.54. The van der Waals surface area contributed by atoms with Crippen molar-refractivity contribution in [3.8, 4) is 11.4 Å². The van der Waals surface area contributed by atoms with Gasteiger partial charge in [0.05, 0.1) is 11.3 Å². The van der Waals surface area contributed by atoms with Crippen LogP contribution in [0.15, 0.2) is 35.1 Å². The van der Waals surface area contributed by atoms with E-state index in [4.69, 9.17) is 0 Å². The molecule has 0 aliphatic carbocycles. The molecule has 1 aliphatic heterocycles. The van der Waals surface area contributed by atoms with Crippen molar-refractivity contribution in [2.45, 2.75) is 32.9 Å². The summed E-state index contributed by atoms with van der Waals surface area (Å²) in [6.07, 6.45) is 0.845.